The van der Waals surface area contributed by atoms with Crippen LogP contribution in [0, 0.1) is 5.82 Å². The fourth-order valence-corrected chi connectivity index (χ4v) is 4.16. The Balaban J connectivity index is 0.00000102. The molecule has 0 amide bonds. The van der Waals surface area contributed by atoms with Crippen molar-refractivity contribution in [2.24, 2.45) is 0 Å². The molecule has 1 atom stereocenters. The molecule has 2 aromatic rings. The second-order valence-electron chi connectivity index (χ2n) is 6.13. The highest BCUT2D eigenvalue weighted by atomic mass is 35.5. The summed E-state index contributed by atoms with van der Waals surface area (Å²) < 4.78 is 20.5. The first-order chi connectivity index (χ1) is 13.1. The third kappa shape index (κ3) is 3.77. The van der Waals surface area contributed by atoms with E-state index in [0.29, 0.717) is 41.7 Å². The molecule has 0 spiro atoms. The van der Waals surface area contributed by atoms with Gasteiger partial charge in [0, 0.05) is 13.2 Å². The van der Waals surface area contributed by atoms with Crippen LogP contribution in [0.4, 0.5) is 10.2 Å². The molecule has 27 heavy (non-hydrogen) atoms. The second-order valence-corrected chi connectivity index (χ2v) is 7.72. The Kier molecular flexibility index (Phi) is 6.55. The summed E-state index contributed by atoms with van der Waals surface area (Å²) >= 11 is 7.53. The van der Waals surface area contributed by atoms with E-state index < -0.39 is 5.82 Å². The number of ether oxygens (including phenoxy) is 1. The van der Waals surface area contributed by atoms with Crippen molar-refractivity contribution >= 4 is 45.7 Å². The number of hydrogen-bond donors (Lipinski definition) is 0. The number of nitrogens with zero attached hydrogens (tertiary/aromatic N) is 4. The molecule has 5 nitrogen and oxygen atoms in total. The van der Waals surface area contributed by atoms with Crippen LogP contribution in [0.3, 0.4) is 0 Å². The van der Waals surface area contributed by atoms with Gasteiger partial charge in [-0.05, 0) is 24.2 Å². The zero-order chi connectivity index (χ0) is 19.6. The molecule has 0 radical (unpaired) electrons. The van der Waals surface area contributed by atoms with Gasteiger partial charge in [0.2, 0.25) is 0 Å². The van der Waals surface area contributed by atoms with Crippen molar-refractivity contribution in [1.29, 1.82) is 0 Å². The Bertz CT molecular complexity index is 863. The summed E-state index contributed by atoms with van der Waals surface area (Å²) in [4.78, 5) is 15.6. The maximum Gasteiger partial charge on any atom is 0.190 e. The smallest absolute Gasteiger partial charge is 0.190 e. The summed E-state index contributed by atoms with van der Waals surface area (Å²) in [5, 5.41) is 0.986. The third-order valence-corrected chi connectivity index (χ3v) is 5.49. The zero-order valence-corrected chi connectivity index (χ0v) is 17.5. The number of pyridine rings is 1. The topological polar surface area (TPSA) is 51.1 Å². The Morgan fingerprint density at radius 1 is 1.33 bits per heavy atom. The minimum atomic E-state index is -0.598. The molecule has 1 unspecified atom stereocenters. The number of fused-ring (bicyclic) bond motifs is 2. The molecule has 2 aliphatic rings. The summed E-state index contributed by atoms with van der Waals surface area (Å²) in [6.07, 6.45) is 1.57. The van der Waals surface area contributed by atoms with Crippen molar-refractivity contribution in [3.05, 3.63) is 23.2 Å². The first-order valence-electron chi connectivity index (χ1n) is 9.32. The summed E-state index contributed by atoms with van der Waals surface area (Å²) in [7, 11) is 0. The molecule has 2 aliphatic heterocycles. The summed E-state index contributed by atoms with van der Waals surface area (Å²) in [5.41, 5.74) is 1.63. The molecule has 0 bridgehead atoms. The minimum Gasteiger partial charge on any atom is -0.379 e. The molecule has 0 aromatic carbocycles. The molecule has 1 fully saturated rings. The molecule has 1 saturated heterocycles. The van der Waals surface area contributed by atoms with Crippen molar-refractivity contribution in [3.8, 4) is 0 Å². The zero-order valence-electron chi connectivity index (χ0n) is 15.9. The van der Waals surface area contributed by atoms with Gasteiger partial charge in [-0.15, -0.1) is 0 Å². The fraction of sp³-hybridized carbons (Fsp3) is 0.526. The average molecular weight is 411 g/mol. The first-order valence-corrected chi connectivity index (χ1v) is 10.7. The third-order valence-electron chi connectivity index (χ3n) is 4.51. The molecular weight excluding hydrogens is 387 g/mol. The molecule has 8 heteroatoms. The minimum absolute atomic E-state index is 0.101. The monoisotopic (exact) mass is 410 g/mol. The van der Waals surface area contributed by atoms with Crippen molar-refractivity contribution < 1.29 is 9.13 Å². The summed E-state index contributed by atoms with van der Waals surface area (Å²) in [6, 6.07) is 0.101. The van der Waals surface area contributed by atoms with Gasteiger partial charge in [0.05, 0.1) is 23.7 Å². The quantitative estimate of drug-likeness (QED) is 0.396. The van der Waals surface area contributed by atoms with Crippen LogP contribution in [0.2, 0.25) is 5.15 Å². The van der Waals surface area contributed by atoms with E-state index in [0.717, 1.165) is 24.3 Å². The summed E-state index contributed by atoms with van der Waals surface area (Å²) in [6.45, 7) is 12.3. The number of aromatic nitrogens is 3. The van der Waals surface area contributed by atoms with Gasteiger partial charge in [0.25, 0.3) is 0 Å². The molecule has 0 saturated carbocycles. The fourth-order valence-electron chi connectivity index (χ4n) is 3.42. The molecular formula is C19H24ClFN4OS. The van der Waals surface area contributed by atoms with E-state index in [2.05, 4.69) is 21.4 Å². The van der Waals surface area contributed by atoms with Gasteiger partial charge in [-0.3, -0.25) is 0 Å². The van der Waals surface area contributed by atoms with E-state index in [4.69, 9.17) is 21.3 Å². The molecule has 0 aliphatic carbocycles. The van der Waals surface area contributed by atoms with E-state index >= 15 is 0 Å². The SMILES string of the molecule is C=C1CC2COCCCN2c2nc(SCC)nc3c(F)c(Cl)nc1c23.CC. The van der Waals surface area contributed by atoms with Gasteiger partial charge in [0.15, 0.2) is 16.1 Å². The first kappa shape index (κ1) is 20.3. The van der Waals surface area contributed by atoms with Crippen molar-refractivity contribution in [2.75, 3.05) is 30.4 Å². The van der Waals surface area contributed by atoms with Crippen LogP contribution < -0.4 is 4.90 Å². The Morgan fingerprint density at radius 2 is 2.11 bits per heavy atom. The number of rotatable bonds is 2. The molecule has 4 rings (SSSR count). The number of thioether (sulfide) groups is 1. The number of hydrogen-bond acceptors (Lipinski definition) is 6. The number of halogens is 2. The van der Waals surface area contributed by atoms with Crippen molar-refractivity contribution in [1.82, 2.24) is 15.0 Å². The highest BCUT2D eigenvalue weighted by molar-refractivity contribution is 7.99. The van der Waals surface area contributed by atoms with Gasteiger partial charge in [-0.1, -0.05) is 50.7 Å². The van der Waals surface area contributed by atoms with Crippen LogP contribution in [-0.4, -0.2) is 46.5 Å². The van der Waals surface area contributed by atoms with E-state index in [1.54, 1.807) is 0 Å². The molecule has 146 valence electrons. The lowest BCUT2D eigenvalue weighted by molar-refractivity contribution is 0.135. The van der Waals surface area contributed by atoms with Crippen LogP contribution in [0.1, 0.15) is 39.3 Å². The highest BCUT2D eigenvalue weighted by Crippen LogP contribution is 2.40. The Hall–Kier alpha value is -1.44. The largest absolute Gasteiger partial charge is 0.379 e. The van der Waals surface area contributed by atoms with Gasteiger partial charge in [-0.25, -0.2) is 19.3 Å². The van der Waals surface area contributed by atoms with Crippen LogP contribution in [0.5, 0.6) is 0 Å². The van der Waals surface area contributed by atoms with Gasteiger partial charge in [0.1, 0.15) is 11.3 Å². The number of anilines is 1. The predicted molar refractivity (Wildman–Crippen MR) is 110 cm³/mol. The van der Waals surface area contributed by atoms with Gasteiger partial charge < -0.3 is 9.64 Å². The maximum absolute atomic E-state index is 14.7. The van der Waals surface area contributed by atoms with Gasteiger partial charge >= 0.3 is 0 Å². The van der Waals surface area contributed by atoms with Crippen LogP contribution in [0.15, 0.2) is 11.7 Å². The lowest BCUT2D eigenvalue weighted by Gasteiger charge is -2.29. The molecule has 0 N–H and O–H groups in total. The lowest BCUT2D eigenvalue weighted by Crippen LogP contribution is -2.37. The Morgan fingerprint density at radius 3 is 2.85 bits per heavy atom. The van der Waals surface area contributed by atoms with Crippen molar-refractivity contribution in [2.45, 2.75) is 44.8 Å². The van der Waals surface area contributed by atoms with Crippen LogP contribution in [0.25, 0.3) is 16.5 Å². The van der Waals surface area contributed by atoms with Gasteiger partial charge in [-0.2, -0.15) is 0 Å². The predicted octanol–water partition coefficient (Wildman–Crippen LogP) is 4.97. The normalized spacial score (nSPS) is 19.1. The molecule has 4 heterocycles. The second kappa shape index (κ2) is 8.71. The van der Waals surface area contributed by atoms with E-state index in [9.17, 15) is 4.39 Å². The van der Waals surface area contributed by atoms with Crippen LogP contribution >= 0.6 is 23.4 Å². The summed E-state index contributed by atoms with van der Waals surface area (Å²) in [5.74, 6) is 0.921. The Labute approximate surface area is 168 Å². The lowest BCUT2D eigenvalue weighted by atomic mass is 10.0. The van der Waals surface area contributed by atoms with E-state index in [1.807, 2.05) is 20.8 Å². The molecule has 2 aromatic heterocycles. The average Bonchev–Trinajstić information content (AvgIpc) is 2.96. The van der Waals surface area contributed by atoms with E-state index in [1.165, 1.54) is 11.8 Å². The maximum atomic E-state index is 14.7. The van der Waals surface area contributed by atoms with Crippen LogP contribution in [-0.2, 0) is 4.74 Å². The van der Waals surface area contributed by atoms with Crippen molar-refractivity contribution in [3.63, 3.8) is 0 Å². The standard InChI is InChI=1S/C17H18ClFN4OS.C2H6/c1-3-25-17-21-14-11-13(20-15(18)12(14)19)9(2)7-10-8-24-6-4-5-23(10)16(11)22-17;1-2/h10H,2-8H2,1H3;1-2H3. The van der Waals surface area contributed by atoms with E-state index in [-0.39, 0.29) is 16.7 Å². The highest BCUT2D eigenvalue weighted by Gasteiger charge is 2.33.